The maximum absolute atomic E-state index is 11.8. The standard InChI is InChI=1S/C12H20N4O/c1-9-7-15-16(8-9)6-5-14-12(17)11-10(2)3-4-13-11/h7-8,10-11,13H,3-6H2,1-2H3,(H,14,17). The van der Waals surface area contributed by atoms with Crippen LogP contribution in [0.4, 0.5) is 0 Å². The number of hydrogen-bond acceptors (Lipinski definition) is 3. The Balaban J connectivity index is 1.73. The Morgan fingerprint density at radius 1 is 1.71 bits per heavy atom. The van der Waals surface area contributed by atoms with Gasteiger partial charge in [-0.2, -0.15) is 5.10 Å². The van der Waals surface area contributed by atoms with Crippen LogP contribution in [0.15, 0.2) is 12.4 Å². The zero-order chi connectivity index (χ0) is 12.3. The van der Waals surface area contributed by atoms with Crippen molar-refractivity contribution in [2.45, 2.75) is 32.9 Å². The molecular formula is C12H20N4O. The van der Waals surface area contributed by atoms with Gasteiger partial charge in [0.15, 0.2) is 0 Å². The molecule has 1 fully saturated rings. The predicted octanol–water partition coefficient (Wildman–Crippen LogP) is 0.306. The zero-order valence-corrected chi connectivity index (χ0v) is 10.4. The van der Waals surface area contributed by atoms with Crippen molar-refractivity contribution in [3.8, 4) is 0 Å². The number of hydrogen-bond donors (Lipinski definition) is 2. The van der Waals surface area contributed by atoms with Gasteiger partial charge in [-0.1, -0.05) is 6.92 Å². The van der Waals surface area contributed by atoms with E-state index in [4.69, 9.17) is 0 Å². The summed E-state index contributed by atoms with van der Waals surface area (Å²) in [6.07, 6.45) is 4.88. The molecule has 0 bridgehead atoms. The second kappa shape index (κ2) is 5.31. The van der Waals surface area contributed by atoms with Gasteiger partial charge in [0.1, 0.15) is 0 Å². The topological polar surface area (TPSA) is 59.0 Å². The first-order chi connectivity index (χ1) is 8.16. The van der Waals surface area contributed by atoms with Crippen molar-refractivity contribution >= 4 is 5.91 Å². The summed E-state index contributed by atoms with van der Waals surface area (Å²) in [7, 11) is 0. The molecule has 5 nitrogen and oxygen atoms in total. The maximum Gasteiger partial charge on any atom is 0.237 e. The van der Waals surface area contributed by atoms with Gasteiger partial charge in [0.2, 0.25) is 5.91 Å². The van der Waals surface area contributed by atoms with Crippen molar-refractivity contribution in [1.29, 1.82) is 0 Å². The van der Waals surface area contributed by atoms with E-state index in [-0.39, 0.29) is 11.9 Å². The third-order valence-electron chi connectivity index (χ3n) is 3.22. The van der Waals surface area contributed by atoms with Crippen LogP contribution in [0.3, 0.4) is 0 Å². The monoisotopic (exact) mass is 236 g/mol. The average molecular weight is 236 g/mol. The highest BCUT2D eigenvalue weighted by atomic mass is 16.2. The molecule has 0 aliphatic carbocycles. The van der Waals surface area contributed by atoms with Gasteiger partial charge in [0.25, 0.3) is 0 Å². The maximum atomic E-state index is 11.8. The molecule has 0 aromatic carbocycles. The lowest BCUT2D eigenvalue weighted by Crippen LogP contribution is -2.44. The van der Waals surface area contributed by atoms with Gasteiger partial charge in [-0.05, 0) is 31.4 Å². The molecule has 1 saturated heterocycles. The van der Waals surface area contributed by atoms with Crippen LogP contribution >= 0.6 is 0 Å². The number of rotatable bonds is 4. The molecule has 94 valence electrons. The van der Waals surface area contributed by atoms with Crippen LogP contribution in [0.1, 0.15) is 18.9 Å². The van der Waals surface area contributed by atoms with Crippen molar-refractivity contribution in [2.75, 3.05) is 13.1 Å². The number of nitrogens with zero attached hydrogens (tertiary/aromatic N) is 2. The Labute approximate surface area is 102 Å². The highest BCUT2D eigenvalue weighted by Crippen LogP contribution is 2.13. The summed E-state index contributed by atoms with van der Waals surface area (Å²) < 4.78 is 1.85. The van der Waals surface area contributed by atoms with Gasteiger partial charge in [-0.15, -0.1) is 0 Å². The molecule has 2 rings (SSSR count). The van der Waals surface area contributed by atoms with Crippen molar-refractivity contribution in [2.24, 2.45) is 5.92 Å². The van der Waals surface area contributed by atoms with Gasteiger partial charge < -0.3 is 10.6 Å². The minimum atomic E-state index is -0.0191. The smallest absolute Gasteiger partial charge is 0.237 e. The Kier molecular flexibility index (Phi) is 3.78. The highest BCUT2D eigenvalue weighted by molar-refractivity contribution is 5.82. The number of amides is 1. The fourth-order valence-corrected chi connectivity index (χ4v) is 2.18. The molecular weight excluding hydrogens is 216 g/mol. The van der Waals surface area contributed by atoms with Crippen LogP contribution in [0.2, 0.25) is 0 Å². The van der Waals surface area contributed by atoms with Crippen molar-refractivity contribution in [3.63, 3.8) is 0 Å². The summed E-state index contributed by atoms with van der Waals surface area (Å²) in [4.78, 5) is 11.8. The van der Waals surface area contributed by atoms with E-state index in [0.29, 0.717) is 12.5 Å². The summed E-state index contributed by atoms with van der Waals surface area (Å²) in [5, 5.41) is 10.3. The Bertz CT molecular complexity index is 388. The Hall–Kier alpha value is -1.36. The van der Waals surface area contributed by atoms with E-state index in [0.717, 1.165) is 25.1 Å². The first-order valence-electron chi connectivity index (χ1n) is 6.17. The van der Waals surface area contributed by atoms with Crippen LogP contribution in [0.25, 0.3) is 0 Å². The van der Waals surface area contributed by atoms with E-state index in [9.17, 15) is 4.79 Å². The third kappa shape index (κ3) is 3.06. The molecule has 2 atom stereocenters. The van der Waals surface area contributed by atoms with Gasteiger partial charge in [0.05, 0.1) is 18.8 Å². The predicted molar refractivity (Wildman–Crippen MR) is 65.5 cm³/mol. The lowest BCUT2D eigenvalue weighted by atomic mass is 10.0. The van der Waals surface area contributed by atoms with Crippen molar-refractivity contribution < 1.29 is 4.79 Å². The van der Waals surface area contributed by atoms with Crippen LogP contribution in [-0.2, 0) is 11.3 Å². The summed E-state index contributed by atoms with van der Waals surface area (Å²) in [5.74, 6) is 0.542. The molecule has 0 saturated carbocycles. The molecule has 2 N–H and O–H groups in total. The number of nitrogens with one attached hydrogen (secondary N) is 2. The van der Waals surface area contributed by atoms with Crippen molar-refractivity contribution in [1.82, 2.24) is 20.4 Å². The van der Waals surface area contributed by atoms with Gasteiger partial charge >= 0.3 is 0 Å². The van der Waals surface area contributed by atoms with Gasteiger partial charge in [0, 0.05) is 12.7 Å². The largest absolute Gasteiger partial charge is 0.353 e. The molecule has 5 heteroatoms. The number of aryl methyl sites for hydroxylation is 1. The summed E-state index contributed by atoms with van der Waals surface area (Å²) in [6, 6.07) is -0.0191. The first kappa shape index (κ1) is 12.1. The molecule has 2 unspecified atom stereocenters. The van der Waals surface area contributed by atoms with Gasteiger partial charge in [-0.25, -0.2) is 0 Å². The summed E-state index contributed by atoms with van der Waals surface area (Å²) in [5.41, 5.74) is 1.14. The SMILES string of the molecule is Cc1cnn(CCNC(=O)C2NCCC2C)c1. The number of aromatic nitrogens is 2. The minimum Gasteiger partial charge on any atom is -0.353 e. The second-order valence-electron chi connectivity index (χ2n) is 4.77. The highest BCUT2D eigenvalue weighted by Gasteiger charge is 2.28. The quantitative estimate of drug-likeness (QED) is 0.791. The van der Waals surface area contributed by atoms with E-state index < -0.39 is 0 Å². The zero-order valence-electron chi connectivity index (χ0n) is 10.4. The second-order valence-corrected chi connectivity index (χ2v) is 4.77. The fourth-order valence-electron chi connectivity index (χ4n) is 2.18. The molecule has 1 amide bonds. The lowest BCUT2D eigenvalue weighted by molar-refractivity contribution is -0.123. The average Bonchev–Trinajstić information content (AvgIpc) is 2.87. The van der Waals surface area contributed by atoms with Crippen LogP contribution in [-0.4, -0.2) is 34.8 Å². The Morgan fingerprint density at radius 2 is 2.53 bits per heavy atom. The van der Waals surface area contributed by atoms with Crippen LogP contribution in [0.5, 0.6) is 0 Å². The molecule has 1 aliphatic rings. The van der Waals surface area contributed by atoms with E-state index >= 15 is 0 Å². The molecule has 2 heterocycles. The molecule has 0 radical (unpaired) electrons. The van der Waals surface area contributed by atoms with Crippen molar-refractivity contribution in [3.05, 3.63) is 18.0 Å². The number of carbonyl (C=O) groups excluding carboxylic acids is 1. The summed E-state index contributed by atoms with van der Waals surface area (Å²) in [6.45, 7) is 6.41. The normalized spacial score (nSPS) is 23.9. The fraction of sp³-hybridized carbons (Fsp3) is 0.667. The molecule has 17 heavy (non-hydrogen) atoms. The van der Waals surface area contributed by atoms with E-state index in [1.807, 2.05) is 24.0 Å². The third-order valence-corrected chi connectivity index (χ3v) is 3.22. The van der Waals surface area contributed by atoms with Gasteiger partial charge in [-0.3, -0.25) is 9.48 Å². The first-order valence-corrected chi connectivity index (χ1v) is 6.17. The Morgan fingerprint density at radius 3 is 3.12 bits per heavy atom. The molecule has 0 spiro atoms. The summed E-state index contributed by atoms with van der Waals surface area (Å²) >= 11 is 0. The van der Waals surface area contributed by atoms with E-state index in [2.05, 4.69) is 22.7 Å². The lowest BCUT2D eigenvalue weighted by Gasteiger charge is -2.15. The molecule has 1 aromatic rings. The van der Waals surface area contributed by atoms with E-state index in [1.165, 1.54) is 0 Å². The van der Waals surface area contributed by atoms with E-state index in [1.54, 1.807) is 0 Å². The molecule has 1 aromatic heterocycles. The van der Waals surface area contributed by atoms with Crippen LogP contribution < -0.4 is 10.6 Å². The minimum absolute atomic E-state index is 0.0191. The van der Waals surface area contributed by atoms with Crippen LogP contribution in [0, 0.1) is 12.8 Å². The number of carbonyl (C=O) groups is 1. The molecule has 1 aliphatic heterocycles.